The Labute approximate surface area is 121 Å². The zero-order chi connectivity index (χ0) is 13.1. The van der Waals surface area contributed by atoms with Crippen LogP contribution in [0.25, 0.3) is 0 Å². The summed E-state index contributed by atoms with van der Waals surface area (Å²) >= 11 is 3.51. The van der Waals surface area contributed by atoms with Gasteiger partial charge in [-0.25, -0.2) is 0 Å². The number of rotatable bonds is 4. The SMILES string of the molecule is Brc1cc(CNCC2CCCCO2)cc2c1OCO2. The summed E-state index contributed by atoms with van der Waals surface area (Å²) in [4.78, 5) is 0. The first-order valence-electron chi connectivity index (χ1n) is 6.73. The molecule has 1 atom stereocenters. The number of benzene rings is 1. The summed E-state index contributed by atoms with van der Waals surface area (Å²) in [6.07, 6.45) is 4.01. The molecule has 1 aromatic carbocycles. The lowest BCUT2D eigenvalue weighted by atomic mass is 10.1. The van der Waals surface area contributed by atoms with Gasteiger partial charge >= 0.3 is 0 Å². The molecule has 1 N–H and O–H groups in total. The average Bonchev–Trinajstić information content (AvgIpc) is 2.89. The fourth-order valence-corrected chi connectivity index (χ4v) is 3.07. The molecule has 2 aliphatic rings. The summed E-state index contributed by atoms with van der Waals surface area (Å²) in [7, 11) is 0. The summed E-state index contributed by atoms with van der Waals surface area (Å²) in [5.74, 6) is 1.62. The Morgan fingerprint density at radius 3 is 3.05 bits per heavy atom. The van der Waals surface area contributed by atoms with E-state index in [1.165, 1.54) is 18.4 Å². The van der Waals surface area contributed by atoms with E-state index in [4.69, 9.17) is 14.2 Å². The Hall–Kier alpha value is -0.780. The van der Waals surface area contributed by atoms with Crippen LogP contribution in [-0.2, 0) is 11.3 Å². The van der Waals surface area contributed by atoms with E-state index in [9.17, 15) is 0 Å². The molecule has 0 amide bonds. The van der Waals surface area contributed by atoms with Gasteiger partial charge < -0.3 is 19.5 Å². The summed E-state index contributed by atoms with van der Waals surface area (Å²) < 4.78 is 17.4. The molecule has 1 fully saturated rings. The molecule has 4 nitrogen and oxygen atoms in total. The van der Waals surface area contributed by atoms with Crippen LogP contribution in [0.1, 0.15) is 24.8 Å². The molecule has 3 rings (SSSR count). The Kier molecular flexibility index (Phi) is 4.25. The summed E-state index contributed by atoms with van der Waals surface area (Å²) in [6.45, 7) is 2.93. The topological polar surface area (TPSA) is 39.7 Å². The normalized spacial score (nSPS) is 21.6. The van der Waals surface area contributed by atoms with E-state index in [1.54, 1.807) is 0 Å². The number of hydrogen-bond donors (Lipinski definition) is 1. The van der Waals surface area contributed by atoms with Gasteiger partial charge in [-0.1, -0.05) is 0 Å². The van der Waals surface area contributed by atoms with Gasteiger partial charge in [-0.2, -0.15) is 0 Å². The van der Waals surface area contributed by atoms with E-state index in [1.807, 2.05) is 6.07 Å². The van der Waals surface area contributed by atoms with E-state index in [-0.39, 0.29) is 0 Å². The summed E-state index contributed by atoms with van der Waals surface area (Å²) in [5.41, 5.74) is 1.19. The van der Waals surface area contributed by atoms with E-state index >= 15 is 0 Å². The number of fused-ring (bicyclic) bond motifs is 1. The largest absolute Gasteiger partial charge is 0.454 e. The molecule has 1 unspecified atom stereocenters. The first kappa shape index (κ1) is 13.2. The molecule has 0 aliphatic carbocycles. The van der Waals surface area contributed by atoms with Gasteiger partial charge in [-0.15, -0.1) is 0 Å². The fourth-order valence-electron chi connectivity index (χ4n) is 2.47. The van der Waals surface area contributed by atoms with Gasteiger partial charge in [0, 0.05) is 19.7 Å². The van der Waals surface area contributed by atoms with E-state index in [2.05, 4.69) is 27.3 Å². The van der Waals surface area contributed by atoms with Crippen LogP contribution < -0.4 is 14.8 Å². The van der Waals surface area contributed by atoms with Crippen LogP contribution in [0.4, 0.5) is 0 Å². The van der Waals surface area contributed by atoms with Crippen molar-refractivity contribution in [3.8, 4) is 11.5 Å². The molecule has 0 spiro atoms. The maximum absolute atomic E-state index is 5.70. The molecule has 0 saturated carbocycles. The average molecular weight is 328 g/mol. The van der Waals surface area contributed by atoms with Crippen molar-refractivity contribution in [3.63, 3.8) is 0 Å². The second-order valence-corrected chi connectivity index (χ2v) is 5.79. The molecular formula is C14H18BrNO3. The van der Waals surface area contributed by atoms with Gasteiger partial charge in [0.2, 0.25) is 6.79 Å². The van der Waals surface area contributed by atoms with Crippen LogP contribution in [0, 0.1) is 0 Å². The lowest BCUT2D eigenvalue weighted by molar-refractivity contribution is 0.0168. The third-order valence-corrected chi connectivity index (χ3v) is 4.05. The molecule has 19 heavy (non-hydrogen) atoms. The van der Waals surface area contributed by atoms with Crippen LogP contribution in [-0.4, -0.2) is 26.0 Å². The van der Waals surface area contributed by atoms with Gasteiger partial charge in [0.15, 0.2) is 11.5 Å². The summed E-state index contributed by atoms with van der Waals surface area (Å²) in [5, 5.41) is 3.45. The zero-order valence-corrected chi connectivity index (χ0v) is 12.4. The van der Waals surface area contributed by atoms with Crippen LogP contribution in [0.3, 0.4) is 0 Å². The number of ether oxygens (including phenoxy) is 3. The first-order valence-corrected chi connectivity index (χ1v) is 7.52. The molecule has 0 bridgehead atoms. The molecule has 2 heterocycles. The highest BCUT2D eigenvalue weighted by Gasteiger charge is 2.18. The van der Waals surface area contributed by atoms with Crippen molar-refractivity contribution in [2.24, 2.45) is 0 Å². The molecule has 0 radical (unpaired) electrons. The van der Waals surface area contributed by atoms with Gasteiger partial charge in [0.1, 0.15) is 0 Å². The monoisotopic (exact) mass is 327 g/mol. The maximum atomic E-state index is 5.70. The lowest BCUT2D eigenvalue weighted by Gasteiger charge is -2.22. The maximum Gasteiger partial charge on any atom is 0.231 e. The zero-order valence-electron chi connectivity index (χ0n) is 10.8. The Balaban J connectivity index is 1.54. The van der Waals surface area contributed by atoms with E-state index < -0.39 is 0 Å². The molecule has 5 heteroatoms. The second-order valence-electron chi connectivity index (χ2n) is 4.93. The van der Waals surface area contributed by atoms with Crippen molar-refractivity contribution >= 4 is 15.9 Å². The van der Waals surface area contributed by atoms with Gasteiger partial charge in [-0.3, -0.25) is 0 Å². The highest BCUT2D eigenvalue weighted by atomic mass is 79.9. The first-order chi connectivity index (χ1) is 9.33. The minimum absolute atomic E-state index is 0.306. The van der Waals surface area contributed by atoms with Crippen molar-refractivity contribution in [1.82, 2.24) is 5.32 Å². The van der Waals surface area contributed by atoms with Crippen molar-refractivity contribution in [2.75, 3.05) is 19.9 Å². The lowest BCUT2D eigenvalue weighted by Crippen LogP contribution is -2.31. The minimum Gasteiger partial charge on any atom is -0.454 e. The van der Waals surface area contributed by atoms with E-state index in [0.29, 0.717) is 12.9 Å². The van der Waals surface area contributed by atoms with E-state index in [0.717, 1.165) is 42.1 Å². The Morgan fingerprint density at radius 1 is 1.26 bits per heavy atom. The van der Waals surface area contributed by atoms with Crippen molar-refractivity contribution in [3.05, 3.63) is 22.2 Å². The molecule has 104 valence electrons. The number of nitrogens with one attached hydrogen (secondary N) is 1. The quantitative estimate of drug-likeness (QED) is 0.923. The highest BCUT2D eigenvalue weighted by Crippen LogP contribution is 2.39. The predicted octanol–water partition coefficient (Wildman–Crippen LogP) is 2.84. The molecule has 0 aromatic heterocycles. The predicted molar refractivity (Wildman–Crippen MR) is 75.6 cm³/mol. The molecular weight excluding hydrogens is 310 g/mol. The van der Waals surface area contributed by atoms with Crippen LogP contribution in [0.15, 0.2) is 16.6 Å². The van der Waals surface area contributed by atoms with Crippen LogP contribution in [0.5, 0.6) is 11.5 Å². The standard InChI is InChI=1S/C14H18BrNO3/c15-12-5-10(6-13-14(12)19-9-18-13)7-16-8-11-3-1-2-4-17-11/h5-6,11,16H,1-4,7-9H2. The van der Waals surface area contributed by atoms with Crippen LogP contribution >= 0.6 is 15.9 Å². The minimum atomic E-state index is 0.306. The van der Waals surface area contributed by atoms with Gasteiger partial charge in [-0.05, 0) is 52.9 Å². The number of hydrogen-bond acceptors (Lipinski definition) is 4. The Morgan fingerprint density at radius 2 is 2.21 bits per heavy atom. The smallest absolute Gasteiger partial charge is 0.231 e. The molecule has 1 saturated heterocycles. The van der Waals surface area contributed by atoms with Gasteiger partial charge in [0.25, 0.3) is 0 Å². The second kappa shape index (κ2) is 6.11. The Bertz CT molecular complexity index is 447. The van der Waals surface area contributed by atoms with Crippen molar-refractivity contribution < 1.29 is 14.2 Å². The third-order valence-electron chi connectivity index (χ3n) is 3.46. The third kappa shape index (κ3) is 3.22. The van der Waals surface area contributed by atoms with Crippen molar-refractivity contribution in [2.45, 2.75) is 31.9 Å². The fraction of sp³-hybridized carbons (Fsp3) is 0.571. The molecule has 1 aromatic rings. The molecule has 2 aliphatic heterocycles. The summed E-state index contributed by atoms with van der Waals surface area (Å²) in [6, 6.07) is 4.10. The number of halogens is 1. The van der Waals surface area contributed by atoms with Crippen molar-refractivity contribution in [1.29, 1.82) is 0 Å². The highest BCUT2D eigenvalue weighted by molar-refractivity contribution is 9.10. The van der Waals surface area contributed by atoms with Crippen LogP contribution in [0.2, 0.25) is 0 Å². The van der Waals surface area contributed by atoms with Gasteiger partial charge in [0.05, 0.1) is 10.6 Å².